The number of unbranched alkanes of at least 4 members (excludes halogenated alkanes) is 28. The summed E-state index contributed by atoms with van der Waals surface area (Å²) in [4.78, 5) is 34.9. The van der Waals surface area contributed by atoms with Crippen molar-refractivity contribution in [2.24, 2.45) is 5.73 Å². The monoisotopic (exact) mass is 828 g/mol. The van der Waals surface area contributed by atoms with Crippen LogP contribution < -0.4 is 5.73 Å². The Morgan fingerprint density at radius 2 is 0.860 bits per heavy atom. The van der Waals surface area contributed by atoms with Gasteiger partial charge in [0.05, 0.1) is 13.2 Å². The molecule has 0 aliphatic rings. The maximum Gasteiger partial charge on any atom is 0.472 e. The van der Waals surface area contributed by atoms with Crippen LogP contribution in [0.15, 0.2) is 24.3 Å². The van der Waals surface area contributed by atoms with Crippen molar-refractivity contribution in [1.29, 1.82) is 0 Å². The minimum Gasteiger partial charge on any atom is -0.462 e. The van der Waals surface area contributed by atoms with Crippen LogP contribution in [-0.2, 0) is 32.7 Å². The van der Waals surface area contributed by atoms with Crippen LogP contribution in [0.2, 0.25) is 0 Å². The van der Waals surface area contributed by atoms with Gasteiger partial charge < -0.3 is 20.1 Å². The molecule has 0 rings (SSSR count). The summed E-state index contributed by atoms with van der Waals surface area (Å²) in [5, 5.41) is 0. The molecule has 0 aliphatic carbocycles. The van der Waals surface area contributed by atoms with Gasteiger partial charge >= 0.3 is 19.8 Å². The highest BCUT2D eigenvalue weighted by Crippen LogP contribution is 2.43. The highest BCUT2D eigenvalue weighted by molar-refractivity contribution is 7.47. The molecule has 2 atom stereocenters. The topological polar surface area (TPSA) is 134 Å². The van der Waals surface area contributed by atoms with Crippen molar-refractivity contribution in [2.75, 3.05) is 26.4 Å². The first-order chi connectivity index (χ1) is 27.8. The third-order valence-corrected chi connectivity index (χ3v) is 11.3. The smallest absolute Gasteiger partial charge is 0.462 e. The lowest BCUT2D eigenvalue weighted by molar-refractivity contribution is -0.161. The van der Waals surface area contributed by atoms with Gasteiger partial charge in [-0.15, -0.1) is 0 Å². The van der Waals surface area contributed by atoms with Crippen LogP contribution in [0.1, 0.15) is 232 Å². The number of hydrogen-bond acceptors (Lipinski definition) is 8. The van der Waals surface area contributed by atoms with Gasteiger partial charge in [-0.25, -0.2) is 4.57 Å². The molecule has 9 nitrogen and oxygen atoms in total. The normalized spacial score (nSPS) is 13.4. The van der Waals surface area contributed by atoms with Crippen LogP contribution in [0.25, 0.3) is 0 Å². The van der Waals surface area contributed by atoms with Gasteiger partial charge in [-0.1, -0.05) is 179 Å². The van der Waals surface area contributed by atoms with E-state index in [9.17, 15) is 19.0 Å². The Balaban J connectivity index is 4.06. The van der Waals surface area contributed by atoms with Crippen molar-refractivity contribution >= 4 is 19.8 Å². The highest BCUT2D eigenvalue weighted by atomic mass is 31.2. The predicted octanol–water partition coefficient (Wildman–Crippen LogP) is 13.9. The SMILES string of the molecule is CCCCCCCCC=CCCCCCCCCCCCCCC(=O)OCC(COP(=O)(O)OCCN)OC(=O)CCCCCCCC=CCCCCCCCC. The second-order valence-electron chi connectivity index (χ2n) is 16.0. The highest BCUT2D eigenvalue weighted by Gasteiger charge is 2.26. The lowest BCUT2D eigenvalue weighted by Gasteiger charge is -2.19. The Morgan fingerprint density at radius 1 is 0.509 bits per heavy atom. The number of phosphoric acid groups is 1. The molecule has 0 aromatic carbocycles. The molecule has 0 aromatic heterocycles. The first kappa shape index (κ1) is 55.5. The van der Waals surface area contributed by atoms with Crippen molar-refractivity contribution in [1.82, 2.24) is 0 Å². The average molecular weight is 828 g/mol. The maximum atomic E-state index is 12.6. The van der Waals surface area contributed by atoms with Crippen LogP contribution in [0, 0.1) is 0 Å². The first-order valence-electron chi connectivity index (χ1n) is 23.8. The van der Waals surface area contributed by atoms with Gasteiger partial charge in [0.25, 0.3) is 0 Å². The van der Waals surface area contributed by atoms with Crippen molar-refractivity contribution in [3.8, 4) is 0 Å². The Hall–Kier alpha value is -1.51. The summed E-state index contributed by atoms with van der Waals surface area (Å²) in [5.41, 5.74) is 5.35. The fourth-order valence-electron chi connectivity index (χ4n) is 6.74. The quantitative estimate of drug-likeness (QED) is 0.0266. The minimum atomic E-state index is -4.38. The summed E-state index contributed by atoms with van der Waals surface area (Å²) < 4.78 is 32.8. The third-order valence-electron chi connectivity index (χ3n) is 10.3. The number of carbonyl (C=O) groups excluding carboxylic acids is 2. The Labute approximate surface area is 351 Å². The zero-order valence-electron chi connectivity index (χ0n) is 37.1. The van der Waals surface area contributed by atoms with Gasteiger partial charge in [0, 0.05) is 19.4 Å². The van der Waals surface area contributed by atoms with Crippen molar-refractivity contribution < 1.29 is 37.6 Å². The van der Waals surface area contributed by atoms with Gasteiger partial charge in [-0.3, -0.25) is 18.6 Å². The summed E-state index contributed by atoms with van der Waals surface area (Å²) in [5.74, 6) is -0.831. The minimum absolute atomic E-state index is 0.0533. The summed E-state index contributed by atoms with van der Waals surface area (Å²) in [6, 6.07) is 0. The Morgan fingerprint density at radius 3 is 1.25 bits per heavy atom. The number of allylic oxidation sites excluding steroid dienone is 4. The van der Waals surface area contributed by atoms with Gasteiger partial charge in [0.2, 0.25) is 0 Å². The standard InChI is InChI=1S/C47H90NO8P/c1-3-5-7-9-11-13-15-17-19-20-21-22-23-24-26-27-29-31-33-35-37-39-46(49)53-43-45(44-55-57(51,52)54-42-41-48)56-47(50)40-38-36-34-32-30-28-25-18-16-14-12-10-8-6-4-2/h17-19,25,45H,3-16,20-24,26-44,48H2,1-2H3,(H,51,52). The van der Waals surface area contributed by atoms with Gasteiger partial charge in [-0.05, 0) is 64.2 Å². The van der Waals surface area contributed by atoms with E-state index in [4.69, 9.17) is 24.3 Å². The molecular formula is C47H90NO8P. The lowest BCUT2D eigenvalue weighted by Crippen LogP contribution is -2.29. The predicted molar refractivity (Wildman–Crippen MR) is 238 cm³/mol. The molecule has 2 unspecified atom stereocenters. The van der Waals surface area contributed by atoms with Gasteiger partial charge in [-0.2, -0.15) is 0 Å². The zero-order chi connectivity index (χ0) is 41.8. The molecular weight excluding hydrogens is 737 g/mol. The van der Waals surface area contributed by atoms with Crippen LogP contribution in [0.4, 0.5) is 0 Å². The van der Waals surface area contributed by atoms with E-state index in [-0.39, 0.29) is 38.6 Å². The molecule has 0 aromatic rings. The van der Waals surface area contributed by atoms with E-state index in [0.29, 0.717) is 6.42 Å². The number of ether oxygens (including phenoxy) is 2. The largest absolute Gasteiger partial charge is 0.472 e. The van der Waals surface area contributed by atoms with E-state index < -0.39 is 26.5 Å². The van der Waals surface area contributed by atoms with E-state index in [1.54, 1.807) is 0 Å². The number of hydrogen-bond donors (Lipinski definition) is 2. The van der Waals surface area contributed by atoms with Crippen molar-refractivity contribution in [3.05, 3.63) is 24.3 Å². The fourth-order valence-corrected chi connectivity index (χ4v) is 7.51. The van der Waals surface area contributed by atoms with E-state index in [1.807, 2.05) is 0 Å². The lowest BCUT2D eigenvalue weighted by atomic mass is 10.0. The molecule has 0 aliphatic heterocycles. The molecule has 3 N–H and O–H groups in total. The molecule has 0 amide bonds. The molecule has 10 heteroatoms. The summed E-state index contributed by atoms with van der Waals surface area (Å²) in [7, 11) is -4.38. The molecule has 57 heavy (non-hydrogen) atoms. The number of carbonyl (C=O) groups is 2. The fraction of sp³-hybridized carbons (Fsp3) is 0.872. The number of nitrogens with two attached hydrogens (primary N) is 1. The second-order valence-corrected chi connectivity index (χ2v) is 17.4. The van der Waals surface area contributed by atoms with Crippen LogP contribution in [0.5, 0.6) is 0 Å². The van der Waals surface area contributed by atoms with Gasteiger partial charge in [0.15, 0.2) is 6.10 Å². The van der Waals surface area contributed by atoms with E-state index >= 15 is 0 Å². The third kappa shape index (κ3) is 43.9. The van der Waals surface area contributed by atoms with E-state index in [2.05, 4.69) is 38.2 Å². The number of esters is 2. The second kappa shape index (κ2) is 44.1. The number of rotatable bonds is 45. The zero-order valence-corrected chi connectivity index (χ0v) is 38.0. The maximum absolute atomic E-state index is 12.6. The van der Waals surface area contributed by atoms with Gasteiger partial charge in [0.1, 0.15) is 6.61 Å². The first-order valence-corrected chi connectivity index (χ1v) is 25.3. The number of phosphoric ester groups is 1. The van der Waals surface area contributed by atoms with E-state index in [1.165, 1.54) is 148 Å². The molecule has 0 spiro atoms. The summed E-state index contributed by atoms with van der Waals surface area (Å²) >= 11 is 0. The van der Waals surface area contributed by atoms with Crippen LogP contribution in [0.3, 0.4) is 0 Å². The molecule has 336 valence electrons. The van der Waals surface area contributed by atoms with Crippen molar-refractivity contribution in [3.63, 3.8) is 0 Å². The summed E-state index contributed by atoms with van der Waals surface area (Å²) in [6.07, 6.45) is 47.8. The molecule has 0 saturated heterocycles. The molecule has 0 heterocycles. The van der Waals surface area contributed by atoms with Crippen molar-refractivity contribution in [2.45, 2.75) is 238 Å². The summed E-state index contributed by atoms with van der Waals surface area (Å²) in [6.45, 7) is 3.74. The van der Waals surface area contributed by atoms with Crippen LogP contribution >= 0.6 is 7.82 Å². The van der Waals surface area contributed by atoms with E-state index in [0.717, 1.165) is 51.4 Å². The molecule has 0 bridgehead atoms. The Bertz CT molecular complexity index is 990. The average Bonchev–Trinajstić information content (AvgIpc) is 3.20. The Kier molecular flexibility index (Phi) is 42.9. The molecule has 0 fully saturated rings. The molecule has 0 radical (unpaired) electrons. The van der Waals surface area contributed by atoms with Crippen LogP contribution in [-0.4, -0.2) is 49.3 Å². The molecule has 0 saturated carbocycles.